The summed E-state index contributed by atoms with van der Waals surface area (Å²) in [5.74, 6) is -0.158. The van der Waals surface area contributed by atoms with Gasteiger partial charge < -0.3 is 10.3 Å². The second-order valence-electron chi connectivity index (χ2n) is 4.53. The van der Waals surface area contributed by atoms with Crippen molar-refractivity contribution in [2.75, 3.05) is 0 Å². The first kappa shape index (κ1) is 12.5. The van der Waals surface area contributed by atoms with E-state index in [1.165, 1.54) is 18.3 Å². The maximum atomic E-state index is 11.8. The van der Waals surface area contributed by atoms with Crippen molar-refractivity contribution >= 4 is 5.91 Å². The Morgan fingerprint density at radius 2 is 2.12 bits per heavy atom. The average Bonchev–Trinajstić information content (AvgIpc) is 2.17. The Morgan fingerprint density at radius 1 is 1.44 bits per heavy atom. The number of nitrogens with one attached hydrogen (secondary N) is 2. The minimum absolute atomic E-state index is 0.158. The van der Waals surface area contributed by atoms with E-state index in [4.69, 9.17) is 0 Å². The van der Waals surface area contributed by atoms with Crippen LogP contribution in [0.5, 0.6) is 0 Å². The summed E-state index contributed by atoms with van der Waals surface area (Å²) >= 11 is 0. The molecule has 0 spiro atoms. The monoisotopic (exact) mass is 222 g/mol. The average molecular weight is 222 g/mol. The van der Waals surface area contributed by atoms with Gasteiger partial charge >= 0.3 is 0 Å². The molecule has 0 aliphatic heterocycles. The zero-order chi connectivity index (χ0) is 12.2. The number of hydrogen-bond donors (Lipinski definition) is 2. The molecule has 16 heavy (non-hydrogen) atoms. The highest BCUT2D eigenvalue weighted by Gasteiger charge is 2.19. The van der Waals surface area contributed by atoms with Crippen molar-refractivity contribution in [3.63, 3.8) is 0 Å². The largest absolute Gasteiger partial charge is 0.347 e. The van der Waals surface area contributed by atoms with Crippen molar-refractivity contribution in [2.24, 2.45) is 0 Å². The lowest BCUT2D eigenvalue weighted by atomic mass is 9.98. The Balaban J connectivity index is 2.72. The van der Waals surface area contributed by atoms with Gasteiger partial charge in [-0.05, 0) is 26.3 Å². The predicted molar refractivity (Wildman–Crippen MR) is 63.5 cm³/mol. The van der Waals surface area contributed by atoms with Crippen molar-refractivity contribution in [1.82, 2.24) is 10.3 Å². The predicted octanol–water partition coefficient (Wildman–Crippen LogP) is 1.68. The van der Waals surface area contributed by atoms with Crippen LogP contribution in [0.1, 0.15) is 44.0 Å². The van der Waals surface area contributed by atoms with Crippen LogP contribution in [0.4, 0.5) is 0 Å². The van der Waals surface area contributed by atoms with Gasteiger partial charge in [-0.15, -0.1) is 0 Å². The van der Waals surface area contributed by atoms with Gasteiger partial charge in [0, 0.05) is 17.8 Å². The van der Waals surface area contributed by atoms with E-state index >= 15 is 0 Å². The molecule has 1 aromatic heterocycles. The highest BCUT2D eigenvalue weighted by atomic mass is 16.2. The molecule has 0 aromatic carbocycles. The quantitative estimate of drug-likeness (QED) is 0.814. The van der Waals surface area contributed by atoms with E-state index in [-0.39, 0.29) is 17.0 Å². The van der Waals surface area contributed by atoms with E-state index in [2.05, 4.69) is 17.2 Å². The third kappa shape index (κ3) is 3.53. The molecule has 2 N–H and O–H groups in total. The third-order valence-electron chi connectivity index (χ3n) is 2.37. The first-order valence-electron chi connectivity index (χ1n) is 5.46. The zero-order valence-corrected chi connectivity index (χ0v) is 9.96. The lowest BCUT2D eigenvalue weighted by Gasteiger charge is -2.25. The van der Waals surface area contributed by atoms with Gasteiger partial charge in [0.1, 0.15) is 0 Å². The van der Waals surface area contributed by atoms with Gasteiger partial charge in [-0.3, -0.25) is 9.59 Å². The number of rotatable bonds is 4. The van der Waals surface area contributed by atoms with E-state index in [0.717, 1.165) is 12.8 Å². The molecule has 1 aromatic rings. The van der Waals surface area contributed by atoms with Crippen molar-refractivity contribution in [3.8, 4) is 0 Å². The Morgan fingerprint density at radius 3 is 2.62 bits per heavy atom. The van der Waals surface area contributed by atoms with Crippen molar-refractivity contribution in [2.45, 2.75) is 39.2 Å². The molecule has 0 fully saturated rings. The Kier molecular flexibility index (Phi) is 3.88. The smallest absolute Gasteiger partial charge is 0.253 e. The van der Waals surface area contributed by atoms with Crippen LogP contribution in [0.15, 0.2) is 23.1 Å². The van der Waals surface area contributed by atoms with E-state index in [9.17, 15) is 9.59 Å². The highest BCUT2D eigenvalue weighted by molar-refractivity contribution is 5.94. The Bertz CT molecular complexity index is 401. The second-order valence-corrected chi connectivity index (χ2v) is 4.53. The zero-order valence-electron chi connectivity index (χ0n) is 9.96. The van der Waals surface area contributed by atoms with Gasteiger partial charge in [0.25, 0.3) is 5.91 Å². The second kappa shape index (κ2) is 4.96. The Labute approximate surface area is 95.1 Å². The van der Waals surface area contributed by atoms with Crippen LogP contribution in [0, 0.1) is 0 Å². The summed E-state index contributed by atoms with van der Waals surface area (Å²) in [5, 5.41) is 2.93. The van der Waals surface area contributed by atoms with Crippen LogP contribution in [0.3, 0.4) is 0 Å². The molecule has 0 saturated carbocycles. The molecule has 0 atom stereocenters. The van der Waals surface area contributed by atoms with Crippen LogP contribution in [-0.2, 0) is 0 Å². The Hall–Kier alpha value is -1.58. The fourth-order valence-corrected chi connectivity index (χ4v) is 1.62. The van der Waals surface area contributed by atoms with Crippen LogP contribution >= 0.6 is 0 Å². The number of aromatic nitrogens is 1. The summed E-state index contributed by atoms with van der Waals surface area (Å²) in [5.41, 5.74) is 0.0512. The summed E-state index contributed by atoms with van der Waals surface area (Å²) < 4.78 is 0. The summed E-state index contributed by atoms with van der Waals surface area (Å²) in [7, 11) is 0. The topological polar surface area (TPSA) is 62.0 Å². The number of hydrogen-bond acceptors (Lipinski definition) is 2. The summed E-state index contributed by atoms with van der Waals surface area (Å²) in [4.78, 5) is 25.1. The van der Waals surface area contributed by atoms with Crippen LogP contribution in [-0.4, -0.2) is 16.4 Å². The molecule has 0 radical (unpaired) electrons. The van der Waals surface area contributed by atoms with E-state index in [1.807, 2.05) is 13.8 Å². The molecule has 4 heteroatoms. The van der Waals surface area contributed by atoms with Crippen molar-refractivity contribution in [3.05, 3.63) is 34.2 Å². The van der Waals surface area contributed by atoms with Gasteiger partial charge in [0.15, 0.2) is 0 Å². The van der Waals surface area contributed by atoms with Gasteiger partial charge in [0.2, 0.25) is 5.56 Å². The lowest BCUT2D eigenvalue weighted by Crippen LogP contribution is -2.43. The van der Waals surface area contributed by atoms with Crippen LogP contribution in [0.2, 0.25) is 0 Å². The molecule has 1 heterocycles. The number of pyridine rings is 1. The first-order valence-corrected chi connectivity index (χ1v) is 5.46. The molecule has 0 unspecified atom stereocenters. The van der Waals surface area contributed by atoms with Gasteiger partial charge in [0.05, 0.1) is 5.56 Å². The standard InChI is InChI=1S/C12H18N2O2/c1-4-7-12(2,3)14-11(16)9-5-6-10(15)13-8-9/h5-6,8H,4,7H2,1-3H3,(H,13,15)(H,14,16). The molecule has 1 rings (SSSR count). The minimum atomic E-state index is -0.220. The molecule has 4 nitrogen and oxygen atoms in total. The lowest BCUT2D eigenvalue weighted by molar-refractivity contribution is 0.0908. The van der Waals surface area contributed by atoms with Gasteiger partial charge in [-0.2, -0.15) is 0 Å². The molecule has 88 valence electrons. The van der Waals surface area contributed by atoms with E-state index < -0.39 is 0 Å². The summed E-state index contributed by atoms with van der Waals surface area (Å²) in [6.45, 7) is 6.05. The van der Waals surface area contributed by atoms with Crippen LogP contribution < -0.4 is 10.9 Å². The SMILES string of the molecule is CCCC(C)(C)NC(=O)c1ccc(=O)[nH]c1. The fourth-order valence-electron chi connectivity index (χ4n) is 1.62. The van der Waals surface area contributed by atoms with E-state index in [0.29, 0.717) is 5.56 Å². The number of H-pyrrole nitrogens is 1. The summed E-state index contributed by atoms with van der Waals surface area (Å²) in [6.07, 6.45) is 3.36. The van der Waals surface area contributed by atoms with Gasteiger partial charge in [-0.1, -0.05) is 13.3 Å². The molecule has 0 saturated heterocycles. The number of aromatic amines is 1. The van der Waals surface area contributed by atoms with Crippen molar-refractivity contribution in [1.29, 1.82) is 0 Å². The van der Waals surface area contributed by atoms with Crippen molar-refractivity contribution < 1.29 is 4.79 Å². The molecule has 0 aliphatic carbocycles. The summed E-state index contributed by atoms with van der Waals surface area (Å²) in [6, 6.07) is 2.87. The van der Waals surface area contributed by atoms with Crippen LogP contribution in [0.25, 0.3) is 0 Å². The normalized spacial score (nSPS) is 11.2. The van der Waals surface area contributed by atoms with E-state index in [1.54, 1.807) is 0 Å². The highest BCUT2D eigenvalue weighted by Crippen LogP contribution is 2.11. The fraction of sp³-hybridized carbons (Fsp3) is 0.500. The maximum Gasteiger partial charge on any atom is 0.253 e. The molecule has 0 aliphatic rings. The maximum absolute atomic E-state index is 11.8. The molecule has 0 bridgehead atoms. The number of carbonyl (C=O) groups is 1. The first-order chi connectivity index (χ1) is 7.44. The number of amides is 1. The van der Waals surface area contributed by atoms with Gasteiger partial charge in [-0.25, -0.2) is 0 Å². The third-order valence-corrected chi connectivity index (χ3v) is 2.37. The molecule has 1 amide bonds. The minimum Gasteiger partial charge on any atom is -0.347 e. The molecular weight excluding hydrogens is 204 g/mol. The number of carbonyl (C=O) groups excluding carboxylic acids is 1. The molecular formula is C12H18N2O2.